The second-order valence-corrected chi connectivity index (χ2v) is 6.07. The Labute approximate surface area is 116 Å². The fourth-order valence-electron chi connectivity index (χ4n) is 2.54. The highest BCUT2D eigenvalue weighted by atomic mass is 32.1. The predicted molar refractivity (Wildman–Crippen MR) is 82.3 cm³/mol. The van der Waals surface area contributed by atoms with E-state index in [0.717, 1.165) is 12.5 Å². The number of rotatable bonds is 8. The minimum Gasteiger partial charge on any atom is -0.309 e. The van der Waals surface area contributed by atoms with E-state index in [9.17, 15) is 0 Å². The number of likely N-dealkylation sites (N-methyl/N-ethyl adjacent to an activating group) is 1. The first kappa shape index (κ1) is 15.7. The molecule has 2 nitrogen and oxygen atoms in total. The second kappa shape index (κ2) is 7.93. The number of thiophene rings is 1. The van der Waals surface area contributed by atoms with Crippen LogP contribution in [-0.2, 0) is 0 Å². The molecule has 0 saturated heterocycles. The molecule has 0 aliphatic heterocycles. The van der Waals surface area contributed by atoms with Crippen LogP contribution in [0.4, 0.5) is 0 Å². The number of nitrogens with one attached hydrogen (secondary N) is 1. The van der Waals surface area contributed by atoms with Crippen LogP contribution in [0.2, 0.25) is 0 Å². The van der Waals surface area contributed by atoms with Gasteiger partial charge >= 0.3 is 0 Å². The van der Waals surface area contributed by atoms with Crippen LogP contribution in [0, 0.1) is 5.92 Å². The Bertz CT molecular complexity index is 304. The van der Waals surface area contributed by atoms with Crippen LogP contribution >= 0.6 is 11.3 Å². The molecule has 0 aliphatic rings. The van der Waals surface area contributed by atoms with Crippen LogP contribution in [0.1, 0.15) is 45.2 Å². The van der Waals surface area contributed by atoms with E-state index in [1.807, 2.05) is 0 Å². The van der Waals surface area contributed by atoms with Gasteiger partial charge in [-0.1, -0.05) is 26.7 Å². The molecule has 0 radical (unpaired) electrons. The summed E-state index contributed by atoms with van der Waals surface area (Å²) in [6, 6.07) is 3.29. The summed E-state index contributed by atoms with van der Waals surface area (Å²) in [5.74, 6) is 0.780. The van der Waals surface area contributed by atoms with Crippen molar-refractivity contribution in [3.63, 3.8) is 0 Å². The molecule has 0 saturated carbocycles. The Hall–Kier alpha value is -0.380. The van der Waals surface area contributed by atoms with Gasteiger partial charge in [-0.2, -0.15) is 11.3 Å². The average Bonchev–Trinajstić information content (AvgIpc) is 2.87. The normalized spacial score (nSPS) is 15.3. The Kier molecular flexibility index (Phi) is 6.90. The topological polar surface area (TPSA) is 15.3 Å². The minimum atomic E-state index is 0.452. The molecule has 1 rings (SSSR count). The molecule has 2 unspecified atom stereocenters. The van der Waals surface area contributed by atoms with E-state index in [0.29, 0.717) is 12.1 Å². The monoisotopic (exact) mass is 268 g/mol. The summed E-state index contributed by atoms with van der Waals surface area (Å²) in [5, 5.41) is 8.07. The molecular weight excluding hydrogens is 240 g/mol. The lowest BCUT2D eigenvalue weighted by atomic mass is 9.93. The maximum absolute atomic E-state index is 3.68. The minimum absolute atomic E-state index is 0.452. The van der Waals surface area contributed by atoms with Gasteiger partial charge in [0, 0.05) is 18.6 Å². The predicted octanol–water partition coefficient (Wildman–Crippen LogP) is 3.77. The van der Waals surface area contributed by atoms with Crippen molar-refractivity contribution >= 4 is 11.3 Å². The number of nitrogens with zero attached hydrogens (tertiary/aromatic N) is 1. The number of hydrogen-bond acceptors (Lipinski definition) is 3. The maximum atomic E-state index is 3.68. The zero-order chi connectivity index (χ0) is 13.5. The fourth-order valence-corrected chi connectivity index (χ4v) is 3.29. The lowest BCUT2D eigenvalue weighted by molar-refractivity contribution is 0.190. The molecule has 1 aromatic heterocycles. The van der Waals surface area contributed by atoms with Crippen LogP contribution < -0.4 is 5.32 Å². The molecule has 3 heteroatoms. The second-order valence-electron chi connectivity index (χ2n) is 5.29. The summed E-state index contributed by atoms with van der Waals surface area (Å²) in [6.45, 7) is 7.91. The van der Waals surface area contributed by atoms with Crippen molar-refractivity contribution in [1.29, 1.82) is 0 Å². The van der Waals surface area contributed by atoms with Crippen LogP contribution in [0.5, 0.6) is 0 Å². The highest BCUT2D eigenvalue weighted by Gasteiger charge is 2.21. The van der Waals surface area contributed by atoms with E-state index < -0.39 is 0 Å². The molecule has 18 heavy (non-hydrogen) atoms. The average molecular weight is 268 g/mol. The summed E-state index contributed by atoms with van der Waals surface area (Å²) in [5.41, 5.74) is 1.40. The van der Waals surface area contributed by atoms with Crippen LogP contribution in [0.25, 0.3) is 0 Å². The molecule has 0 fully saturated rings. The van der Waals surface area contributed by atoms with Gasteiger partial charge in [0.05, 0.1) is 0 Å². The zero-order valence-electron chi connectivity index (χ0n) is 12.4. The molecule has 2 atom stereocenters. The largest absolute Gasteiger partial charge is 0.309 e. The Morgan fingerprint density at radius 2 is 1.94 bits per heavy atom. The first-order valence-electron chi connectivity index (χ1n) is 7.02. The van der Waals surface area contributed by atoms with E-state index in [2.05, 4.69) is 61.9 Å². The highest BCUT2D eigenvalue weighted by Crippen LogP contribution is 2.19. The Balaban J connectivity index is 2.52. The van der Waals surface area contributed by atoms with Crippen molar-refractivity contribution < 1.29 is 0 Å². The van der Waals surface area contributed by atoms with Gasteiger partial charge < -0.3 is 10.2 Å². The van der Waals surface area contributed by atoms with Gasteiger partial charge in [-0.3, -0.25) is 0 Å². The summed E-state index contributed by atoms with van der Waals surface area (Å²) in [7, 11) is 4.39. The van der Waals surface area contributed by atoms with E-state index in [1.165, 1.54) is 18.4 Å². The van der Waals surface area contributed by atoms with E-state index >= 15 is 0 Å². The lowest BCUT2D eigenvalue weighted by Gasteiger charge is -2.32. The van der Waals surface area contributed by atoms with Crippen molar-refractivity contribution in [3.8, 4) is 0 Å². The van der Waals surface area contributed by atoms with Crippen molar-refractivity contribution in [2.75, 3.05) is 20.6 Å². The SMILES string of the molecule is CCC(CC)C(CNC(C)c1ccsc1)N(C)C. The lowest BCUT2D eigenvalue weighted by Crippen LogP contribution is -2.43. The van der Waals surface area contributed by atoms with Gasteiger partial charge in [0.25, 0.3) is 0 Å². The van der Waals surface area contributed by atoms with E-state index in [4.69, 9.17) is 0 Å². The molecule has 1 N–H and O–H groups in total. The van der Waals surface area contributed by atoms with Gasteiger partial charge in [-0.15, -0.1) is 0 Å². The zero-order valence-corrected chi connectivity index (χ0v) is 13.3. The summed E-state index contributed by atoms with van der Waals surface area (Å²) in [4.78, 5) is 2.37. The standard InChI is InChI=1S/C15H28N2S/c1-6-13(7-2)15(17(4)5)10-16-12(3)14-8-9-18-11-14/h8-9,11-13,15-16H,6-7,10H2,1-5H3. The summed E-state index contributed by atoms with van der Waals surface area (Å²) >= 11 is 1.77. The van der Waals surface area contributed by atoms with Crippen LogP contribution in [0.15, 0.2) is 16.8 Å². The van der Waals surface area contributed by atoms with Crippen molar-refractivity contribution in [1.82, 2.24) is 10.2 Å². The van der Waals surface area contributed by atoms with Crippen molar-refractivity contribution in [2.24, 2.45) is 5.92 Å². The van der Waals surface area contributed by atoms with E-state index in [-0.39, 0.29) is 0 Å². The molecule has 1 aromatic rings. The third kappa shape index (κ3) is 4.38. The quantitative estimate of drug-likeness (QED) is 0.772. The molecule has 104 valence electrons. The van der Waals surface area contributed by atoms with Gasteiger partial charge in [0.1, 0.15) is 0 Å². The maximum Gasteiger partial charge on any atom is 0.0300 e. The van der Waals surface area contributed by atoms with E-state index in [1.54, 1.807) is 11.3 Å². The summed E-state index contributed by atoms with van der Waals surface area (Å²) in [6.07, 6.45) is 2.52. The number of hydrogen-bond donors (Lipinski definition) is 1. The highest BCUT2D eigenvalue weighted by molar-refractivity contribution is 7.07. The molecule has 1 heterocycles. The molecule has 0 bridgehead atoms. The first-order valence-corrected chi connectivity index (χ1v) is 7.96. The fraction of sp³-hybridized carbons (Fsp3) is 0.733. The van der Waals surface area contributed by atoms with Gasteiger partial charge in [-0.05, 0) is 49.3 Å². The molecular formula is C15H28N2S. The Morgan fingerprint density at radius 3 is 2.39 bits per heavy atom. The van der Waals surface area contributed by atoms with Gasteiger partial charge in [0.2, 0.25) is 0 Å². The molecule has 0 amide bonds. The molecule has 0 aliphatic carbocycles. The van der Waals surface area contributed by atoms with Gasteiger partial charge in [-0.25, -0.2) is 0 Å². The Morgan fingerprint density at radius 1 is 1.28 bits per heavy atom. The van der Waals surface area contributed by atoms with Gasteiger partial charge in [0.15, 0.2) is 0 Å². The third-order valence-corrected chi connectivity index (χ3v) is 4.63. The first-order chi connectivity index (χ1) is 8.60. The third-order valence-electron chi connectivity index (χ3n) is 3.93. The van der Waals surface area contributed by atoms with Crippen LogP contribution in [-0.4, -0.2) is 31.6 Å². The molecule has 0 spiro atoms. The summed E-state index contributed by atoms with van der Waals surface area (Å²) < 4.78 is 0. The van der Waals surface area contributed by atoms with Crippen molar-refractivity contribution in [2.45, 2.75) is 45.7 Å². The smallest absolute Gasteiger partial charge is 0.0300 e. The molecule has 0 aromatic carbocycles. The van der Waals surface area contributed by atoms with Crippen LogP contribution in [0.3, 0.4) is 0 Å². The van der Waals surface area contributed by atoms with Crippen molar-refractivity contribution in [3.05, 3.63) is 22.4 Å².